The van der Waals surface area contributed by atoms with Crippen molar-refractivity contribution >= 4 is 11.9 Å². The lowest BCUT2D eigenvalue weighted by Crippen LogP contribution is -2.52. The Balaban J connectivity index is 1.56. The van der Waals surface area contributed by atoms with Crippen LogP contribution in [-0.4, -0.2) is 47.3 Å². The van der Waals surface area contributed by atoms with Crippen molar-refractivity contribution in [1.82, 2.24) is 4.90 Å². The molecule has 2 heterocycles. The highest BCUT2D eigenvalue weighted by atomic mass is 19.4. The van der Waals surface area contributed by atoms with Gasteiger partial charge in [0.15, 0.2) is 0 Å². The zero-order valence-electron chi connectivity index (χ0n) is 20.8. The first-order valence-corrected chi connectivity index (χ1v) is 12.3. The summed E-state index contributed by atoms with van der Waals surface area (Å²) in [6, 6.07) is 14.4. The van der Waals surface area contributed by atoms with E-state index in [1.165, 1.54) is 42.5 Å². The second-order valence-electron chi connectivity index (χ2n) is 10.1. The molecule has 0 spiro atoms. The number of fused-ring (bicyclic) bond motifs is 3. The van der Waals surface area contributed by atoms with Gasteiger partial charge in [-0.3, -0.25) is 4.79 Å². The van der Waals surface area contributed by atoms with Crippen LogP contribution < -0.4 is 4.74 Å². The third kappa shape index (κ3) is 4.51. The summed E-state index contributed by atoms with van der Waals surface area (Å²) in [6.45, 7) is 0.700. The Morgan fingerprint density at radius 2 is 1.64 bits per heavy atom. The van der Waals surface area contributed by atoms with Gasteiger partial charge in [-0.2, -0.15) is 13.2 Å². The van der Waals surface area contributed by atoms with E-state index in [-0.39, 0.29) is 29.4 Å². The van der Waals surface area contributed by atoms with Crippen LogP contribution in [0.25, 0.3) is 0 Å². The number of alkyl halides is 4. The SMILES string of the molecule is CC(F)(c1ccc2c(c1)OCC1N(C(=O)c3ccc(C(=O)O)cc3)CCC21Cc1ccc(F)cc1)C(F)(F)F. The molecule has 10 heteroatoms. The van der Waals surface area contributed by atoms with Crippen LogP contribution in [0, 0.1) is 5.82 Å². The Morgan fingerprint density at radius 1 is 1.00 bits per heavy atom. The molecule has 0 aromatic heterocycles. The van der Waals surface area contributed by atoms with E-state index >= 15 is 0 Å². The van der Waals surface area contributed by atoms with Gasteiger partial charge in [-0.1, -0.05) is 24.3 Å². The van der Waals surface area contributed by atoms with E-state index in [1.807, 2.05) is 0 Å². The van der Waals surface area contributed by atoms with Crippen LogP contribution in [0.4, 0.5) is 22.0 Å². The molecule has 0 bridgehead atoms. The van der Waals surface area contributed by atoms with Gasteiger partial charge < -0.3 is 14.7 Å². The molecule has 5 nitrogen and oxygen atoms in total. The molecule has 39 heavy (non-hydrogen) atoms. The number of amides is 1. The first-order valence-electron chi connectivity index (χ1n) is 12.3. The Morgan fingerprint density at radius 3 is 2.26 bits per heavy atom. The largest absolute Gasteiger partial charge is 0.491 e. The third-order valence-corrected chi connectivity index (χ3v) is 7.87. The topological polar surface area (TPSA) is 66.8 Å². The summed E-state index contributed by atoms with van der Waals surface area (Å²) in [7, 11) is 0. The van der Waals surface area contributed by atoms with Gasteiger partial charge in [0.2, 0.25) is 5.67 Å². The number of nitrogens with zero attached hydrogens (tertiary/aromatic N) is 1. The molecule has 3 aromatic rings. The van der Waals surface area contributed by atoms with E-state index in [0.717, 1.165) is 17.7 Å². The highest BCUT2D eigenvalue weighted by molar-refractivity contribution is 5.96. The Kier molecular flexibility index (Phi) is 6.39. The van der Waals surface area contributed by atoms with Gasteiger partial charge in [0.25, 0.3) is 5.91 Å². The van der Waals surface area contributed by atoms with Crippen LogP contribution in [0.1, 0.15) is 50.8 Å². The summed E-state index contributed by atoms with van der Waals surface area (Å²) in [5.74, 6) is -1.79. The Bertz CT molecular complexity index is 1420. The van der Waals surface area contributed by atoms with E-state index in [9.17, 15) is 31.5 Å². The molecule has 2 aliphatic heterocycles. The van der Waals surface area contributed by atoms with Gasteiger partial charge in [0.05, 0.1) is 11.6 Å². The summed E-state index contributed by atoms with van der Waals surface area (Å²) in [5, 5.41) is 9.16. The number of hydrogen-bond donors (Lipinski definition) is 1. The molecule has 0 saturated carbocycles. The van der Waals surface area contributed by atoms with Crippen molar-refractivity contribution in [2.75, 3.05) is 13.2 Å². The molecule has 0 aliphatic carbocycles. The highest BCUT2D eigenvalue weighted by Gasteiger charge is 2.56. The maximum absolute atomic E-state index is 14.8. The Labute approximate surface area is 220 Å². The minimum Gasteiger partial charge on any atom is -0.491 e. The second kappa shape index (κ2) is 9.36. The zero-order chi connectivity index (χ0) is 28.2. The molecule has 3 aromatic carbocycles. The predicted octanol–water partition coefficient (Wildman–Crippen LogP) is 6.06. The average molecular weight is 546 g/mol. The van der Waals surface area contributed by atoms with Gasteiger partial charge >= 0.3 is 12.1 Å². The van der Waals surface area contributed by atoms with Crippen LogP contribution in [0.5, 0.6) is 5.75 Å². The molecule has 5 rings (SSSR count). The molecular weight excluding hydrogens is 521 g/mol. The van der Waals surface area contributed by atoms with E-state index in [0.29, 0.717) is 31.9 Å². The lowest BCUT2D eigenvalue weighted by atomic mass is 9.68. The van der Waals surface area contributed by atoms with Gasteiger partial charge in [-0.25, -0.2) is 13.6 Å². The fourth-order valence-corrected chi connectivity index (χ4v) is 5.61. The number of hydrogen-bond acceptors (Lipinski definition) is 3. The van der Waals surface area contributed by atoms with Crippen molar-refractivity contribution in [1.29, 1.82) is 0 Å². The number of carboxylic acid groups (broad SMARTS) is 1. The molecule has 2 aliphatic rings. The van der Waals surface area contributed by atoms with Gasteiger partial charge in [-0.05, 0) is 67.8 Å². The summed E-state index contributed by atoms with van der Waals surface area (Å²) in [6.07, 6.45) is -4.37. The second-order valence-corrected chi connectivity index (χ2v) is 10.1. The number of likely N-dealkylation sites (tertiary alicyclic amines) is 1. The lowest BCUT2D eigenvalue weighted by molar-refractivity contribution is -0.228. The molecule has 3 atom stereocenters. The number of ether oxygens (including phenoxy) is 1. The fraction of sp³-hybridized carbons (Fsp3) is 0.310. The van der Waals surface area contributed by atoms with E-state index < -0.39 is 40.7 Å². The molecule has 1 amide bonds. The van der Waals surface area contributed by atoms with Crippen molar-refractivity contribution < 1.29 is 41.4 Å². The van der Waals surface area contributed by atoms with Crippen LogP contribution in [0.15, 0.2) is 66.7 Å². The van der Waals surface area contributed by atoms with Gasteiger partial charge in [-0.15, -0.1) is 0 Å². The normalized spacial score (nSPS) is 21.9. The van der Waals surface area contributed by atoms with E-state index in [2.05, 4.69) is 0 Å². The third-order valence-electron chi connectivity index (χ3n) is 7.87. The van der Waals surface area contributed by atoms with Crippen molar-refractivity contribution in [3.05, 3.63) is 100 Å². The van der Waals surface area contributed by atoms with Crippen LogP contribution >= 0.6 is 0 Å². The number of aromatic carboxylic acids is 1. The maximum atomic E-state index is 14.8. The summed E-state index contributed by atoms with van der Waals surface area (Å²) in [5.41, 5.74) is -3.38. The van der Waals surface area contributed by atoms with Crippen LogP contribution in [0.3, 0.4) is 0 Å². The smallest absolute Gasteiger partial charge is 0.426 e. The monoisotopic (exact) mass is 545 g/mol. The lowest BCUT2D eigenvalue weighted by Gasteiger charge is -2.43. The van der Waals surface area contributed by atoms with Gasteiger partial charge in [0.1, 0.15) is 18.2 Å². The van der Waals surface area contributed by atoms with Crippen LogP contribution in [-0.2, 0) is 17.5 Å². The standard InChI is InChI=1S/C29H24F5NO4/c1-27(31,29(32,33)34)20-8-11-22-23(14-20)39-16-24-28(22,15-17-2-9-21(30)10-3-17)12-13-35(24)25(36)18-4-6-19(7-5-18)26(37)38/h2-11,14,24H,12-13,15-16H2,1H3,(H,37,38). The van der Waals surface area contributed by atoms with E-state index in [1.54, 1.807) is 17.0 Å². The Hall–Kier alpha value is -3.95. The number of carboxylic acids is 1. The molecule has 0 radical (unpaired) electrons. The minimum atomic E-state index is -5.13. The van der Waals surface area contributed by atoms with Crippen molar-refractivity contribution in [3.63, 3.8) is 0 Å². The summed E-state index contributed by atoms with van der Waals surface area (Å²) >= 11 is 0. The molecule has 1 fully saturated rings. The zero-order valence-corrected chi connectivity index (χ0v) is 20.8. The number of rotatable bonds is 5. The van der Waals surface area contributed by atoms with Crippen LogP contribution in [0.2, 0.25) is 0 Å². The van der Waals surface area contributed by atoms with Crippen molar-refractivity contribution in [3.8, 4) is 5.75 Å². The van der Waals surface area contributed by atoms with Gasteiger partial charge in [0, 0.05) is 28.7 Å². The number of carbonyl (C=O) groups is 2. The highest BCUT2D eigenvalue weighted by Crippen LogP contribution is 2.51. The minimum absolute atomic E-state index is 0.0306. The number of halogens is 5. The number of benzene rings is 3. The quantitative estimate of drug-likeness (QED) is 0.396. The molecule has 204 valence electrons. The maximum Gasteiger partial charge on any atom is 0.426 e. The van der Waals surface area contributed by atoms with E-state index in [4.69, 9.17) is 9.84 Å². The molecule has 3 unspecified atom stereocenters. The average Bonchev–Trinajstić information content (AvgIpc) is 3.28. The first kappa shape index (κ1) is 26.6. The summed E-state index contributed by atoms with van der Waals surface area (Å²) in [4.78, 5) is 26.3. The van der Waals surface area contributed by atoms with Crippen molar-refractivity contribution in [2.45, 2.75) is 43.1 Å². The fourth-order valence-electron chi connectivity index (χ4n) is 5.61. The van der Waals surface area contributed by atoms with Crippen molar-refractivity contribution in [2.24, 2.45) is 0 Å². The summed E-state index contributed by atoms with van der Waals surface area (Å²) < 4.78 is 74.5. The first-order chi connectivity index (χ1) is 18.3. The predicted molar refractivity (Wildman–Crippen MR) is 131 cm³/mol. The molecular formula is C29H24F5NO4. The molecule has 1 N–H and O–H groups in total. The number of carbonyl (C=O) groups excluding carboxylic acids is 1. The molecule has 1 saturated heterocycles.